The smallest absolute Gasteiger partial charge is 0.163 e. The maximum Gasteiger partial charge on any atom is 0.163 e. The third-order valence-corrected chi connectivity index (χ3v) is 4.73. The number of hydrogen-bond acceptors (Lipinski definition) is 6. The van der Waals surface area contributed by atoms with Crippen molar-refractivity contribution >= 4 is 16.9 Å². The summed E-state index contributed by atoms with van der Waals surface area (Å²) in [6.45, 7) is 4.64. The number of hydrogen-bond donors (Lipinski definition) is 0. The minimum atomic E-state index is 0.566. The van der Waals surface area contributed by atoms with Gasteiger partial charge in [-0.25, -0.2) is 9.97 Å². The first-order valence-corrected chi connectivity index (χ1v) is 8.65. The van der Waals surface area contributed by atoms with Crippen LogP contribution >= 0.6 is 0 Å². The van der Waals surface area contributed by atoms with Gasteiger partial charge in [0.1, 0.15) is 17.4 Å². The van der Waals surface area contributed by atoms with E-state index in [2.05, 4.69) is 25.0 Å². The number of nitrogens with zero attached hydrogens (tertiary/aromatic N) is 6. The van der Waals surface area contributed by atoms with E-state index >= 15 is 0 Å². The van der Waals surface area contributed by atoms with E-state index in [1.807, 2.05) is 37.0 Å². The highest BCUT2D eigenvalue weighted by Gasteiger charge is 2.23. The Kier molecular flexibility index (Phi) is 4.21. The lowest BCUT2D eigenvalue weighted by Crippen LogP contribution is -2.36. The molecule has 7 nitrogen and oxygen atoms in total. The molecule has 0 aliphatic carbocycles. The summed E-state index contributed by atoms with van der Waals surface area (Å²) in [7, 11) is 1.92. The average molecular weight is 338 g/mol. The molecule has 4 heterocycles. The number of aromatic nitrogens is 5. The highest BCUT2D eigenvalue weighted by atomic mass is 16.5. The number of pyridine rings is 1. The number of piperidine rings is 1. The average Bonchev–Trinajstić information content (AvgIpc) is 3.02. The van der Waals surface area contributed by atoms with Gasteiger partial charge in [-0.05, 0) is 37.8 Å². The highest BCUT2D eigenvalue weighted by molar-refractivity contribution is 5.87. The topological polar surface area (TPSA) is 69.0 Å². The first kappa shape index (κ1) is 15.8. The second-order valence-electron chi connectivity index (χ2n) is 6.52. The van der Waals surface area contributed by atoms with Gasteiger partial charge in [-0.1, -0.05) is 0 Å². The van der Waals surface area contributed by atoms with E-state index in [9.17, 15) is 0 Å². The van der Waals surface area contributed by atoms with E-state index < -0.39 is 0 Å². The fourth-order valence-corrected chi connectivity index (χ4v) is 3.31. The van der Waals surface area contributed by atoms with Crippen LogP contribution in [0.4, 0.5) is 5.82 Å². The molecule has 1 aliphatic rings. The Morgan fingerprint density at radius 2 is 1.92 bits per heavy atom. The van der Waals surface area contributed by atoms with Crippen LogP contribution in [-0.4, -0.2) is 44.4 Å². The second-order valence-corrected chi connectivity index (χ2v) is 6.52. The van der Waals surface area contributed by atoms with E-state index in [-0.39, 0.29) is 0 Å². The van der Waals surface area contributed by atoms with Gasteiger partial charge in [0.25, 0.3) is 0 Å². The predicted molar refractivity (Wildman–Crippen MR) is 95.7 cm³/mol. The molecule has 0 amide bonds. The Balaban J connectivity index is 1.42. The molecule has 0 aromatic carbocycles. The van der Waals surface area contributed by atoms with Crippen molar-refractivity contribution in [1.29, 1.82) is 0 Å². The Bertz CT molecular complexity index is 855. The summed E-state index contributed by atoms with van der Waals surface area (Å²) >= 11 is 0. The molecule has 0 N–H and O–H groups in total. The van der Waals surface area contributed by atoms with Crippen molar-refractivity contribution in [2.75, 3.05) is 24.6 Å². The van der Waals surface area contributed by atoms with E-state index in [0.29, 0.717) is 5.92 Å². The second kappa shape index (κ2) is 6.66. The monoisotopic (exact) mass is 338 g/mol. The quantitative estimate of drug-likeness (QED) is 0.727. The normalized spacial score (nSPS) is 15.7. The SMILES string of the molecule is Cc1nc(N2CCC(COc3ccncc3)CC2)c2cnn(C)c2n1. The van der Waals surface area contributed by atoms with E-state index in [1.54, 1.807) is 12.4 Å². The Morgan fingerprint density at radius 3 is 2.68 bits per heavy atom. The van der Waals surface area contributed by atoms with Crippen LogP contribution in [0.5, 0.6) is 5.75 Å². The van der Waals surface area contributed by atoms with Gasteiger partial charge in [-0.2, -0.15) is 5.10 Å². The molecule has 0 saturated carbocycles. The van der Waals surface area contributed by atoms with Gasteiger partial charge in [0, 0.05) is 32.5 Å². The van der Waals surface area contributed by atoms with Crippen molar-refractivity contribution in [2.45, 2.75) is 19.8 Å². The molecule has 0 unspecified atom stereocenters. The molecule has 7 heteroatoms. The van der Waals surface area contributed by atoms with Crippen molar-refractivity contribution in [3.63, 3.8) is 0 Å². The summed E-state index contributed by atoms with van der Waals surface area (Å²) in [5, 5.41) is 5.36. The number of aryl methyl sites for hydroxylation is 2. The Hall–Kier alpha value is -2.70. The minimum Gasteiger partial charge on any atom is -0.493 e. The van der Waals surface area contributed by atoms with Crippen molar-refractivity contribution in [3.8, 4) is 5.75 Å². The van der Waals surface area contributed by atoms with Crippen molar-refractivity contribution in [1.82, 2.24) is 24.7 Å². The molecule has 0 spiro atoms. The van der Waals surface area contributed by atoms with E-state index in [4.69, 9.17) is 4.74 Å². The van der Waals surface area contributed by atoms with Crippen LogP contribution in [0.15, 0.2) is 30.7 Å². The summed E-state index contributed by atoms with van der Waals surface area (Å²) in [6, 6.07) is 3.80. The van der Waals surface area contributed by atoms with Gasteiger partial charge < -0.3 is 9.64 Å². The maximum absolute atomic E-state index is 5.88. The Labute approximate surface area is 146 Å². The fraction of sp³-hybridized carbons (Fsp3) is 0.444. The standard InChI is InChI=1S/C18H22N6O/c1-13-21-17-16(11-20-23(17)2)18(22-13)24-9-5-14(6-10-24)12-25-15-3-7-19-8-4-15/h3-4,7-8,11,14H,5-6,9-10,12H2,1-2H3. The van der Waals surface area contributed by atoms with Gasteiger partial charge in [-0.3, -0.25) is 9.67 Å². The van der Waals surface area contributed by atoms with Crippen LogP contribution in [0.2, 0.25) is 0 Å². The molecule has 3 aromatic rings. The largest absolute Gasteiger partial charge is 0.493 e. The highest BCUT2D eigenvalue weighted by Crippen LogP contribution is 2.28. The molecular weight excluding hydrogens is 316 g/mol. The van der Waals surface area contributed by atoms with Crippen LogP contribution in [0.25, 0.3) is 11.0 Å². The number of anilines is 1. The predicted octanol–water partition coefficient (Wildman–Crippen LogP) is 2.36. The number of fused-ring (bicyclic) bond motifs is 1. The lowest BCUT2D eigenvalue weighted by molar-refractivity contribution is 0.222. The fourth-order valence-electron chi connectivity index (χ4n) is 3.31. The summed E-state index contributed by atoms with van der Waals surface area (Å²) in [6.07, 6.45) is 7.57. The van der Waals surface area contributed by atoms with Crippen molar-refractivity contribution in [2.24, 2.45) is 13.0 Å². The lowest BCUT2D eigenvalue weighted by Gasteiger charge is -2.33. The van der Waals surface area contributed by atoms with Crippen LogP contribution in [0, 0.1) is 12.8 Å². The summed E-state index contributed by atoms with van der Waals surface area (Å²) in [5.41, 5.74) is 0.894. The molecule has 1 aliphatic heterocycles. The molecule has 4 rings (SSSR count). The van der Waals surface area contributed by atoms with Gasteiger partial charge in [-0.15, -0.1) is 0 Å². The molecule has 0 atom stereocenters. The molecule has 0 radical (unpaired) electrons. The zero-order valence-electron chi connectivity index (χ0n) is 14.6. The summed E-state index contributed by atoms with van der Waals surface area (Å²) < 4.78 is 7.69. The van der Waals surface area contributed by atoms with Crippen LogP contribution < -0.4 is 9.64 Å². The zero-order chi connectivity index (χ0) is 17.2. The minimum absolute atomic E-state index is 0.566. The van der Waals surface area contributed by atoms with Crippen molar-refractivity contribution in [3.05, 3.63) is 36.5 Å². The molecular formula is C18H22N6O. The molecule has 1 saturated heterocycles. The summed E-state index contributed by atoms with van der Waals surface area (Å²) in [4.78, 5) is 15.5. The third kappa shape index (κ3) is 3.26. The van der Waals surface area contributed by atoms with Crippen LogP contribution in [-0.2, 0) is 7.05 Å². The van der Waals surface area contributed by atoms with Gasteiger partial charge in [0.15, 0.2) is 5.65 Å². The number of rotatable bonds is 4. The van der Waals surface area contributed by atoms with Gasteiger partial charge >= 0.3 is 0 Å². The molecule has 0 bridgehead atoms. The third-order valence-electron chi connectivity index (χ3n) is 4.73. The van der Waals surface area contributed by atoms with Crippen LogP contribution in [0.1, 0.15) is 18.7 Å². The van der Waals surface area contributed by atoms with Crippen molar-refractivity contribution < 1.29 is 4.74 Å². The summed E-state index contributed by atoms with van der Waals surface area (Å²) in [5.74, 6) is 3.25. The molecule has 25 heavy (non-hydrogen) atoms. The maximum atomic E-state index is 5.88. The van der Waals surface area contributed by atoms with E-state index in [1.165, 1.54) is 0 Å². The molecule has 1 fully saturated rings. The number of ether oxygens (including phenoxy) is 1. The zero-order valence-corrected chi connectivity index (χ0v) is 14.6. The lowest BCUT2D eigenvalue weighted by atomic mass is 9.97. The van der Waals surface area contributed by atoms with Gasteiger partial charge in [0.2, 0.25) is 0 Å². The van der Waals surface area contributed by atoms with Crippen LogP contribution in [0.3, 0.4) is 0 Å². The molecule has 3 aromatic heterocycles. The molecule has 130 valence electrons. The van der Waals surface area contributed by atoms with E-state index in [0.717, 1.165) is 61.0 Å². The Morgan fingerprint density at radius 1 is 1.16 bits per heavy atom. The van der Waals surface area contributed by atoms with Gasteiger partial charge in [0.05, 0.1) is 18.2 Å². The first-order valence-electron chi connectivity index (χ1n) is 8.65. The first-order chi connectivity index (χ1) is 12.2.